The van der Waals surface area contributed by atoms with Crippen molar-refractivity contribution in [3.05, 3.63) is 22.4 Å². The molecule has 0 amide bonds. The highest BCUT2D eigenvalue weighted by Gasteiger charge is 2.15. The summed E-state index contributed by atoms with van der Waals surface area (Å²) in [7, 11) is 0. The summed E-state index contributed by atoms with van der Waals surface area (Å²) >= 11 is 3.33. The third-order valence-electron chi connectivity index (χ3n) is 2.86. The summed E-state index contributed by atoms with van der Waals surface area (Å²) in [4.78, 5) is 4.02. The largest absolute Gasteiger partial charge is 0.490 e. The van der Waals surface area contributed by atoms with Gasteiger partial charge in [0.15, 0.2) is 11.4 Å². The average molecular weight is 296 g/mol. The van der Waals surface area contributed by atoms with Gasteiger partial charge in [-0.2, -0.15) is 5.26 Å². The molecule has 5 heteroatoms. The molecular formula is C12H14BrN3O. The summed E-state index contributed by atoms with van der Waals surface area (Å²) in [5.41, 5.74) is 0.349. The number of ether oxygens (including phenoxy) is 1. The molecule has 0 spiro atoms. The molecule has 0 bridgehead atoms. The lowest BCUT2D eigenvalue weighted by Crippen LogP contribution is -2.30. The number of aromatic nitrogens is 1. The molecule has 4 nitrogen and oxygen atoms in total. The Morgan fingerprint density at radius 2 is 2.29 bits per heavy atom. The first-order valence-electron chi connectivity index (χ1n) is 5.69. The maximum absolute atomic E-state index is 8.93. The van der Waals surface area contributed by atoms with E-state index in [1.807, 2.05) is 6.07 Å². The van der Waals surface area contributed by atoms with Crippen LogP contribution in [-0.2, 0) is 0 Å². The molecule has 1 aliphatic rings. The van der Waals surface area contributed by atoms with Gasteiger partial charge in [0.05, 0.1) is 6.61 Å². The van der Waals surface area contributed by atoms with Gasteiger partial charge in [0, 0.05) is 10.7 Å². The van der Waals surface area contributed by atoms with Crippen LogP contribution in [0.3, 0.4) is 0 Å². The second kappa shape index (κ2) is 5.99. The van der Waals surface area contributed by atoms with Crippen molar-refractivity contribution in [1.82, 2.24) is 10.3 Å². The van der Waals surface area contributed by atoms with Gasteiger partial charge < -0.3 is 10.1 Å². The van der Waals surface area contributed by atoms with Crippen molar-refractivity contribution < 1.29 is 4.74 Å². The summed E-state index contributed by atoms with van der Waals surface area (Å²) in [6.07, 6.45) is 3.86. The van der Waals surface area contributed by atoms with Gasteiger partial charge in [-0.1, -0.05) is 0 Å². The molecule has 17 heavy (non-hydrogen) atoms. The minimum atomic E-state index is 0.349. The van der Waals surface area contributed by atoms with Gasteiger partial charge in [0.25, 0.3) is 0 Å². The van der Waals surface area contributed by atoms with Crippen molar-refractivity contribution in [2.24, 2.45) is 5.92 Å². The summed E-state index contributed by atoms with van der Waals surface area (Å²) in [5.74, 6) is 1.14. The number of pyridine rings is 1. The smallest absolute Gasteiger partial charge is 0.182 e. The van der Waals surface area contributed by atoms with Gasteiger partial charge >= 0.3 is 0 Å². The van der Waals surface area contributed by atoms with E-state index in [1.165, 1.54) is 0 Å². The Hall–Kier alpha value is -1.12. The van der Waals surface area contributed by atoms with Gasteiger partial charge in [0.1, 0.15) is 6.07 Å². The summed E-state index contributed by atoms with van der Waals surface area (Å²) in [6.45, 7) is 2.76. The zero-order valence-electron chi connectivity index (χ0n) is 9.45. The maximum atomic E-state index is 8.93. The van der Waals surface area contributed by atoms with E-state index >= 15 is 0 Å². The fourth-order valence-electron chi connectivity index (χ4n) is 1.87. The molecule has 0 radical (unpaired) electrons. The number of nitriles is 1. The van der Waals surface area contributed by atoms with Gasteiger partial charge in [-0.05, 0) is 53.8 Å². The number of rotatable bonds is 3. The molecule has 1 saturated heterocycles. The fraction of sp³-hybridized carbons (Fsp3) is 0.500. The van der Waals surface area contributed by atoms with Crippen molar-refractivity contribution in [2.45, 2.75) is 12.8 Å². The van der Waals surface area contributed by atoms with E-state index in [9.17, 15) is 0 Å². The van der Waals surface area contributed by atoms with E-state index in [0.29, 0.717) is 24.0 Å². The van der Waals surface area contributed by atoms with Crippen molar-refractivity contribution >= 4 is 15.9 Å². The van der Waals surface area contributed by atoms with Gasteiger partial charge in [-0.3, -0.25) is 0 Å². The van der Waals surface area contributed by atoms with Crippen LogP contribution in [-0.4, -0.2) is 24.7 Å². The first-order chi connectivity index (χ1) is 8.29. The molecule has 1 aromatic heterocycles. The predicted molar refractivity (Wildman–Crippen MR) is 67.7 cm³/mol. The van der Waals surface area contributed by atoms with Crippen LogP contribution in [0.15, 0.2) is 16.7 Å². The van der Waals surface area contributed by atoms with Gasteiger partial charge in [-0.15, -0.1) is 0 Å². The van der Waals surface area contributed by atoms with Crippen LogP contribution in [0.5, 0.6) is 5.75 Å². The Bertz CT molecular complexity index is 424. The lowest BCUT2D eigenvalue weighted by Gasteiger charge is -2.22. The number of halogens is 1. The van der Waals surface area contributed by atoms with Crippen molar-refractivity contribution in [3.8, 4) is 11.8 Å². The van der Waals surface area contributed by atoms with Gasteiger partial charge in [-0.25, -0.2) is 4.98 Å². The summed E-state index contributed by atoms with van der Waals surface area (Å²) in [5, 5.41) is 12.2. The third kappa shape index (κ3) is 3.42. The Morgan fingerprint density at radius 1 is 1.53 bits per heavy atom. The Morgan fingerprint density at radius 3 is 3.00 bits per heavy atom. The van der Waals surface area contributed by atoms with E-state index in [1.54, 1.807) is 12.3 Å². The van der Waals surface area contributed by atoms with Crippen molar-refractivity contribution in [3.63, 3.8) is 0 Å². The van der Waals surface area contributed by atoms with Crippen LogP contribution in [0.1, 0.15) is 18.5 Å². The minimum Gasteiger partial charge on any atom is -0.490 e. The molecule has 90 valence electrons. The number of piperidine rings is 1. The monoisotopic (exact) mass is 295 g/mol. The molecule has 0 aliphatic carbocycles. The zero-order chi connectivity index (χ0) is 12.1. The molecule has 1 aliphatic heterocycles. The second-order valence-corrected chi connectivity index (χ2v) is 5.03. The van der Waals surface area contributed by atoms with E-state index in [2.05, 4.69) is 26.2 Å². The lowest BCUT2D eigenvalue weighted by atomic mass is 9.99. The predicted octanol–water partition coefficient (Wildman–Crippen LogP) is 2.09. The normalized spacial score (nSPS) is 16.5. The van der Waals surface area contributed by atoms with E-state index in [0.717, 1.165) is 30.4 Å². The van der Waals surface area contributed by atoms with E-state index < -0.39 is 0 Å². The van der Waals surface area contributed by atoms with Crippen LogP contribution in [0, 0.1) is 17.2 Å². The Balaban J connectivity index is 1.98. The maximum Gasteiger partial charge on any atom is 0.182 e. The van der Waals surface area contributed by atoms with E-state index in [4.69, 9.17) is 10.00 Å². The second-order valence-electron chi connectivity index (χ2n) is 4.12. The quantitative estimate of drug-likeness (QED) is 0.928. The molecule has 1 aromatic rings. The van der Waals surface area contributed by atoms with Gasteiger partial charge in [0.2, 0.25) is 0 Å². The van der Waals surface area contributed by atoms with Crippen LogP contribution in [0.4, 0.5) is 0 Å². The standard InChI is InChI=1S/C12H14BrN3O/c13-10-5-12(11(6-14)16-7-10)17-8-9-1-3-15-4-2-9/h5,7,9,15H,1-4,8H2. The molecule has 0 aromatic carbocycles. The van der Waals surface area contributed by atoms with Crippen LogP contribution in [0.2, 0.25) is 0 Å². The first-order valence-corrected chi connectivity index (χ1v) is 6.48. The molecule has 2 rings (SSSR count). The van der Waals surface area contributed by atoms with Crippen molar-refractivity contribution in [2.75, 3.05) is 19.7 Å². The first kappa shape index (κ1) is 12.3. The molecule has 0 saturated carbocycles. The van der Waals surface area contributed by atoms with Crippen LogP contribution >= 0.6 is 15.9 Å². The SMILES string of the molecule is N#Cc1ncc(Br)cc1OCC1CCNCC1. The molecule has 0 unspecified atom stereocenters. The van der Waals surface area contributed by atoms with Crippen LogP contribution < -0.4 is 10.1 Å². The minimum absolute atomic E-state index is 0.349. The Labute approximate surface area is 109 Å². The molecule has 2 heterocycles. The number of nitrogens with one attached hydrogen (secondary N) is 1. The molecule has 1 N–H and O–H groups in total. The summed E-state index contributed by atoms with van der Waals surface area (Å²) in [6, 6.07) is 3.84. The molecule has 1 fully saturated rings. The average Bonchev–Trinajstić information content (AvgIpc) is 2.38. The highest BCUT2D eigenvalue weighted by atomic mass is 79.9. The third-order valence-corrected chi connectivity index (χ3v) is 3.29. The molecule has 0 atom stereocenters. The number of hydrogen-bond acceptors (Lipinski definition) is 4. The Kier molecular flexibility index (Phi) is 4.35. The van der Waals surface area contributed by atoms with Crippen LogP contribution in [0.25, 0.3) is 0 Å². The van der Waals surface area contributed by atoms with Crippen molar-refractivity contribution in [1.29, 1.82) is 5.26 Å². The highest BCUT2D eigenvalue weighted by molar-refractivity contribution is 9.10. The zero-order valence-corrected chi connectivity index (χ0v) is 11.0. The number of hydrogen-bond donors (Lipinski definition) is 1. The summed E-state index contributed by atoms with van der Waals surface area (Å²) < 4.78 is 6.54. The fourth-order valence-corrected chi connectivity index (χ4v) is 2.18. The lowest BCUT2D eigenvalue weighted by molar-refractivity contribution is 0.214. The molecular weight excluding hydrogens is 282 g/mol. The topological polar surface area (TPSA) is 57.9 Å². The highest BCUT2D eigenvalue weighted by Crippen LogP contribution is 2.22. The van der Waals surface area contributed by atoms with E-state index in [-0.39, 0.29) is 0 Å². The number of nitrogens with zero attached hydrogens (tertiary/aromatic N) is 2.